The minimum absolute atomic E-state index is 0.233. The molecule has 0 aliphatic carbocycles. The quantitative estimate of drug-likeness (QED) is 0.834. The van der Waals surface area contributed by atoms with E-state index >= 15 is 0 Å². The Morgan fingerprint density at radius 1 is 1.40 bits per heavy atom. The van der Waals surface area contributed by atoms with Gasteiger partial charge in [-0.15, -0.1) is 0 Å². The first kappa shape index (κ1) is 14.5. The van der Waals surface area contributed by atoms with Gasteiger partial charge in [-0.25, -0.2) is 4.79 Å². The van der Waals surface area contributed by atoms with Crippen molar-refractivity contribution in [1.29, 1.82) is 0 Å². The lowest BCUT2D eigenvalue weighted by Gasteiger charge is -2.21. The van der Waals surface area contributed by atoms with Crippen molar-refractivity contribution in [3.8, 4) is 0 Å². The fourth-order valence-electron chi connectivity index (χ4n) is 2.38. The number of carbonyl (C=O) groups is 2. The topological polar surface area (TPSA) is 92.9 Å². The Labute approximate surface area is 117 Å². The average molecular weight is 278 g/mol. The monoisotopic (exact) mass is 278 g/mol. The van der Waals surface area contributed by atoms with Crippen LogP contribution in [0.15, 0.2) is 24.3 Å². The first-order valence-corrected chi connectivity index (χ1v) is 6.42. The molecule has 3 N–H and O–H groups in total. The zero-order chi connectivity index (χ0) is 14.7. The van der Waals surface area contributed by atoms with E-state index in [0.717, 1.165) is 5.56 Å². The number of amides is 1. The minimum Gasteiger partial charge on any atom is -0.480 e. The molecule has 1 aromatic carbocycles. The predicted octanol–water partition coefficient (Wildman–Crippen LogP) is 0.459. The van der Waals surface area contributed by atoms with Crippen LogP contribution < -0.4 is 5.73 Å². The highest BCUT2D eigenvalue weighted by Gasteiger charge is 2.40. The van der Waals surface area contributed by atoms with Crippen molar-refractivity contribution in [3.05, 3.63) is 35.4 Å². The summed E-state index contributed by atoms with van der Waals surface area (Å²) < 4.78 is 5.17. The minimum atomic E-state index is -1.00. The highest BCUT2D eigenvalue weighted by Crippen LogP contribution is 2.22. The van der Waals surface area contributed by atoms with Gasteiger partial charge in [0.15, 0.2) is 0 Å². The van der Waals surface area contributed by atoms with Crippen LogP contribution in [0.5, 0.6) is 0 Å². The number of carboxylic acids is 1. The van der Waals surface area contributed by atoms with Crippen molar-refractivity contribution >= 4 is 11.9 Å². The van der Waals surface area contributed by atoms with Crippen LogP contribution in [0, 0.1) is 0 Å². The molecular formula is C14H18N2O4. The number of methoxy groups -OCH3 is 1. The highest BCUT2D eigenvalue weighted by atomic mass is 16.5. The third kappa shape index (κ3) is 2.81. The fourth-order valence-corrected chi connectivity index (χ4v) is 2.38. The molecule has 1 heterocycles. The number of carboxylic acid groups (broad SMARTS) is 1. The van der Waals surface area contributed by atoms with E-state index in [-0.39, 0.29) is 12.0 Å². The maximum absolute atomic E-state index is 12.4. The molecule has 6 heteroatoms. The van der Waals surface area contributed by atoms with E-state index in [1.54, 1.807) is 24.3 Å². The van der Waals surface area contributed by atoms with Gasteiger partial charge in [-0.1, -0.05) is 12.1 Å². The van der Waals surface area contributed by atoms with Crippen LogP contribution in [0.2, 0.25) is 0 Å². The van der Waals surface area contributed by atoms with Gasteiger partial charge in [0, 0.05) is 32.2 Å². The summed E-state index contributed by atoms with van der Waals surface area (Å²) in [7, 11) is 1.52. The number of rotatable bonds is 4. The summed E-state index contributed by atoms with van der Waals surface area (Å²) in [6.45, 7) is 0.701. The van der Waals surface area contributed by atoms with Gasteiger partial charge < -0.3 is 20.5 Å². The lowest BCUT2D eigenvalue weighted by molar-refractivity contribution is -0.141. The second-order valence-electron chi connectivity index (χ2n) is 4.81. The van der Waals surface area contributed by atoms with E-state index in [1.165, 1.54) is 12.0 Å². The Kier molecular flexibility index (Phi) is 4.36. The zero-order valence-electron chi connectivity index (χ0n) is 11.3. The molecule has 0 spiro atoms. The van der Waals surface area contributed by atoms with Crippen molar-refractivity contribution < 1.29 is 19.4 Å². The lowest BCUT2D eigenvalue weighted by Crippen LogP contribution is -2.40. The molecule has 1 aliphatic heterocycles. The van der Waals surface area contributed by atoms with Crippen LogP contribution in [-0.4, -0.2) is 47.7 Å². The lowest BCUT2D eigenvalue weighted by atomic mass is 10.1. The van der Waals surface area contributed by atoms with E-state index in [2.05, 4.69) is 0 Å². The summed E-state index contributed by atoms with van der Waals surface area (Å²) in [5.41, 5.74) is 6.89. The molecule has 0 saturated carbocycles. The number of ether oxygens (including phenoxy) is 1. The first-order chi connectivity index (χ1) is 9.56. The van der Waals surface area contributed by atoms with Crippen molar-refractivity contribution in [1.82, 2.24) is 4.90 Å². The number of hydrogen-bond acceptors (Lipinski definition) is 4. The van der Waals surface area contributed by atoms with Crippen LogP contribution in [-0.2, 0) is 16.1 Å². The number of nitrogens with zero attached hydrogens (tertiary/aromatic N) is 1. The third-order valence-corrected chi connectivity index (χ3v) is 3.58. The summed E-state index contributed by atoms with van der Waals surface area (Å²) >= 11 is 0. The Balaban J connectivity index is 2.19. The number of aliphatic carboxylic acids is 1. The Bertz CT molecular complexity index is 500. The molecule has 1 fully saturated rings. The second kappa shape index (κ2) is 6.02. The molecular weight excluding hydrogens is 260 g/mol. The van der Waals surface area contributed by atoms with E-state index in [9.17, 15) is 14.7 Å². The molecule has 20 heavy (non-hydrogen) atoms. The number of carbonyl (C=O) groups excluding carboxylic acids is 1. The predicted molar refractivity (Wildman–Crippen MR) is 72.2 cm³/mol. The van der Waals surface area contributed by atoms with Gasteiger partial charge in [0.25, 0.3) is 5.91 Å². The highest BCUT2D eigenvalue weighted by molar-refractivity contribution is 5.97. The van der Waals surface area contributed by atoms with Gasteiger partial charge in [0.2, 0.25) is 0 Å². The van der Waals surface area contributed by atoms with Gasteiger partial charge >= 0.3 is 5.97 Å². The van der Waals surface area contributed by atoms with Crippen LogP contribution in [0.3, 0.4) is 0 Å². The van der Waals surface area contributed by atoms with Crippen molar-refractivity contribution in [2.24, 2.45) is 5.73 Å². The third-order valence-electron chi connectivity index (χ3n) is 3.58. The number of nitrogens with two attached hydrogens (primary N) is 1. The number of benzene rings is 1. The summed E-state index contributed by atoms with van der Waals surface area (Å²) in [5.74, 6) is -1.29. The molecule has 6 nitrogen and oxygen atoms in total. The molecule has 108 valence electrons. The van der Waals surface area contributed by atoms with Gasteiger partial charge in [-0.05, 0) is 17.7 Å². The van der Waals surface area contributed by atoms with E-state index < -0.39 is 12.0 Å². The normalized spacial score (nSPS) is 22.0. The SMILES string of the molecule is COC1CC(C(=O)O)N(C(=O)c2ccc(CN)cc2)C1. The van der Waals surface area contributed by atoms with Crippen molar-refractivity contribution in [2.75, 3.05) is 13.7 Å². The van der Waals surface area contributed by atoms with Crippen molar-refractivity contribution in [2.45, 2.75) is 25.1 Å². The molecule has 2 unspecified atom stereocenters. The van der Waals surface area contributed by atoms with Crippen LogP contribution >= 0.6 is 0 Å². The Morgan fingerprint density at radius 2 is 2.05 bits per heavy atom. The molecule has 2 atom stereocenters. The molecule has 0 aromatic heterocycles. The first-order valence-electron chi connectivity index (χ1n) is 6.42. The summed E-state index contributed by atoms with van der Waals surface area (Å²) in [4.78, 5) is 25.0. The fraction of sp³-hybridized carbons (Fsp3) is 0.429. The number of hydrogen-bond donors (Lipinski definition) is 2. The summed E-state index contributed by atoms with van der Waals surface area (Å²) in [6.07, 6.45) is 0.0849. The molecule has 1 amide bonds. The summed E-state index contributed by atoms with van der Waals surface area (Å²) in [5, 5.41) is 9.21. The van der Waals surface area contributed by atoms with E-state index in [0.29, 0.717) is 25.1 Å². The van der Waals surface area contributed by atoms with Gasteiger partial charge in [-0.3, -0.25) is 4.79 Å². The Morgan fingerprint density at radius 3 is 2.55 bits per heavy atom. The molecule has 1 aromatic rings. The molecule has 0 bridgehead atoms. The molecule has 1 saturated heterocycles. The number of likely N-dealkylation sites (tertiary alicyclic amines) is 1. The Hall–Kier alpha value is -1.92. The van der Waals surface area contributed by atoms with Gasteiger partial charge in [-0.2, -0.15) is 0 Å². The van der Waals surface area contributed by atoms with Gasteiger partial charge in [0.1, 0.15) is 6.04 Å². The zero-order valence-corrected chi connectivity index (χ0v) is 11.3. The summed E-state index contributed by atoms with van der Waals surface area (Å²) in [6, 6.07) is 6.05. The standard InChI is InChI=1S/C14H18N2O4/c1-20-11-6-12(14(18)19)16(8-11)13(17)10-4-2-9(7-15)3-5-10/h2-5,11-12H,6-8,15H2,1H3,(H,18,19). The smallest absolute Gasteiger partial charge is 0.326 e. The maximum Gasteiger partial charge on any atom is 0.326 e. The van der Waals surface area contributed by atoms with E-state index in [1.807, 2.05) is 0 Å². The maximum atomic E-state index is 12.4. The molecule has 1 aliphatic rings. The van der Waals surface area contributed by atoms with Crippen LogP contribution in [0.25, 0.3) is 0 Å². The van der Waals surface area contributed by atoms with Crippen LogP contribution in [0.1, 0.15) is 22.3 Å². The van der Waals surface area contributed by atoms with Crippen molar-refractivity contribution in [3.63, 3.8) is 0 Å². The van der Waals surface area contributed by atoms with E-state index in [4.69, 9.17) is 10.5 Å². The molecule has 0 radical (unpaired) electrons. The van der Waals surface area contributed by atoms with Gasteiger partial charge in [0.05, 0.1) is 6.10 Å². The van der Waals surface area contributed by atoms with Crippen LogP contribution in [0.4, 0.5) is 0 Å². The second-order valence-corrected chi connectivity index (χ2v) is 4.81. The largest absolute Gasteiger partial charge is 0.480 e. The molecule has 2 rings (SSSR count). The average Bonchev–Trinajstić information content (AvgIpc) is 2.91.